The van der Waals surface area contributed by atoms with Gasteiger partial charge in [0.2, 0.25) is 0 Å². The molecule has 13 heavy (non-hydrogen) atoms. The third-order valence-corrected chi connectivity index (χ3v) is 4.52. The van der Waals surface area contributed by atoms with E-state index in [0.717, 1.165) is 13.0 Å². The van der Waals surface area contributed by atoms with E-state index in [0.29, 0.717) is 10.3 Å². The van der Waals surface area contributed by atoms with Crippen LogP contribution < -0.4 is 0 Å². The van der Waals surface area contributed by atoms with Gasteiger partial charge < -0.3 is 4.52 Å². The molecule has 0 aliphatic rings. The fourth-order valence-electron chi connectivity index (χ4n) is 1.58. The topological polar surface area (TPSA) is 9.23 Å². The van der Waals surface area contributed by atoms with Gasteiger partial charge in [-0.15, -0.1) is 0 Å². The molecule has 0 aromatic heterocycles. The van der Waals surface area contributed by atoms with E-state index in [4.69, 9.17) is 4.52 Å². The maximum atomic E-state index is 5.98. The quantitative estimate of drug-likeness (QED) is 0.619. The molecule has 0 spiro atoms. The van der Waals surface area contributed by atoms with Crippen LogP contribution in [0.15, 0.2) is 0 Å². The molecule has 80 valence electrons. The van der Waals surface area contributed by atoms with Gasteiger partial charge in [0.25, 0.3) is 0 Å². The Morgan fingerprint density at radius 1 is 0.923 bits per heavy atom. The monoisotopic (exact) mass is 204 g/mol. The van der Waals surface area contributed by atoms with Crippen LogP contribution in [0, 0.1) is 0 Å². The second kappa shape index (κ2) is 4.75. The Kier molecular flexibility index (Phi) is 4.90. The summed E-state index contributed by atoms with van der Waals surface area (Å²) in [5, 5.41) is 0.589. The van der Waals surface area contributed by atoms with Crippen molar-refractivity contribution in [3.05, 3.63) is 0 Å². The summed E-state index contributed by atoms with van der Waals surface area (Å²) in [6.45, 7) is 16.7. The van der Waals surface area contributed by atoms with Gasteiger partial charge in [-0.2, -0.15) is 0 Å². The van der Waals surface area contributed by atoms with Crippen molar-refractivity contribution in [1.29, 1.82) is 0 Å². The van der Waals surface area contributed by atoms with Gasteiger partial charge in [-0.25, -0.2) is 0 Å². The molecule has 0 fully saturated rings. The molecule has 0 aliphatic heterocycles. The fourth-order valence-corrected chi connectivity index (χ4v) is 4.73. The van der Waals surface area contributed by atoms with Crippen LogP contribution >= 0.6 is 8.15 Å². The molecule has 0 bridgehead atoms. The molecule has 0 unspecified atom stereocenters. The van der Waals surface area contributed by atoms with E-state index in [2.05, 4.69) is 48.5 Å². The van der Waals surface area contributed by atoms with E-state index in [1.54, 1.807) is 0 Å². The number of hydrogen-bond donors (Lipinski definition) is 0. The molecule has 0 aromatic rings. The standard InChI is InChI=1S/C11H25OP/c1-8-9-12-13(10(2,3)4)11(5,6)7/h8-9H2,1-7H3. The number of rotatable bonds is 3. The maximum Gasteiger partial charge on any atom is 0.0506 e. The summed E-state index contributed by atoms with van der Waals surface area (Å²) in [5.74, 6) is 0. The van der Waals surface area contributed by atoms with Crippen molar-refractivity contribution in [3.63, 3.8) is 0 Å². The highest BCUT2D eigenvalue weighted by Gasteiger charge is 2.35. The Balaban J connectivity index is 4.39. The summed E-state index contributed by atoms with van der Waals surface area (Å²) < 4.78 is 5.98. The summed E-state index contributed by atoms with van der Waals surface area (Å²) in [4.78, 5) is 0. The van der Waals surface area contributed by atoms with Crippen molar-refractivity contribution in [2.24, 2.45) is 0 Å². The van der Waals surface area contributed by atoms with E-state index in [1.165, 1.54) is 0 Å². The lowest BCUT2D eigenvalue weighted by Gasteiger charge is -2.40. The van der Waals surface area contributed by atoms with Crippen LogP contribution in [0.3, 0.4) is 0 Å². The van der Waals surface area contributed by atoms with Gasteiger partial charge in [-0.1, -0.05) is 48.5 Å². The predicted molar refractivity (Wildman–Crippen MR) is 62.7 cm³/mol. The second-order valence-corrected chi connectivity index (χ2v) is 9.00. The van der Waals surface area contributed by atoms with Crippen LogP contribution in [0.1, 0.15) is 54.9 Å². The molecule has 0 N–H and O–H groups in total. The van der Waals surface area contributed by atoms with Crippen molar-refractivity contribution < 1.29 is 4.52 Å². The minimum atomic E-state index is -0.349. The third-order valence-electron chi connectivity index (χ3n) is 1.64. The van der Waals surface area contributed by atoms with Crippen molar-refractivity contribution in [2.75, 3.05) is 6.61 Å². The van der Waals surface area contributed by atoms with Crippen LogP contribution in [-0.4, -0.2) is 16.9 Å². The van der Waals surface area contributed by atoms with Crippen LogP contribution in [-0.2, 0) is 4.52 Å². The first kappa shape index (κ1) is 13.4. The molecule has 0 aromatic carbocycles. The maximum absolute atomic E-state index is 5.98. The molecular formula is C11H25OP. The molecule has 0 saturated heterocycles. The summed E-state index contributed by atoms with van der Waals surface area (Å²) in [6, 6.07) is 0. The van der Waals surface area contributed by atoms with Gasteiger partial charge in [0.05, 0.1) is 6.61 Å². The second-order valence-electron chi connectivity index (χ2n) is 5.47. The van der Waals surface area contributed by atoms with Gasteiger partial charge in [0.15, 0.2) is 0 Å². The minimum Gasteiger partial charge on any atom is -0.358 e. The largest absolute Gasteiger partial charge is 0.358 e. The number of hydrogen-bond acceptors (Lipinski definition) is 1. The Labute approximate surface area is 85.1 Å². The van der Waals surface area contributed by atoms with E-state index in [-0.39, 0.29) is 8.15 Å². The van der Waals surface area contributed by atoms with E-state index in [1.807, 2.05) is 0 Å². The zero-order valence-corrected chi connectivity index (χ0v) is 11.2. The Bertz CT molecular complexity index is 127. The van der Waals surface area contributed by atoms with Crippen molar-refractivity contribution in [3.8, 4) is 0 Å². The molecule has 0 heterocycles. The van der Waals surface area contributed by atoms with Crippen LogP contribution in [0.5, 0.6) is 0 Å². The van der Waals surface area contributed by atoms with Gasteiger partial charge in [-0.3, -0.25) is 0 Å². The van der Waals surface area contributed by atoms with E-state index >= 15 is 0 Å². The lowest BCUT2D eigenvalue weighted by atomic mass is 10.2. The normalized spacial score (nSPS) is 13.8. The molecule has 0 radical (unpaired) electrons. The lowest BCUT2D eigenvalue weighted by Crippen LogP contribution is -2.26. The summed E-state index contributed by atoms with van der Waals surface area (Å²) in [6.07, 6.45) is 1.12. The minimum absolute atomic E-state index is 0.294. The molecule has 0 rings (SSSR count). The van der Waals surface area contributed by atoms with E-state index < -0.39 is 0 Å². The third kappa shape index (κ3) is 4.98. The highest BCUT2D eigenvalue weighted by Crippen LogP contribution is 2.59. The summed E-state index contributed by atoms with van der Waals surface area (Å²) in [7, 11) is -0.349. The summed E-state index contributed by atoms with van der Waals surface area (Å²) >= 11 is 0. The Hall–Kier alpha value is 0.390. The molecule has 1 nitrogen and oxygen atoms in total. The van der Waals surface area contributed by atoms with Crippen molar-refractivity contribution in [1.82, 2.24) is 0 Å². The zero-order valence-electron chi connectivity index (χ0n) is 10.3. The smallest absolute Gasteiger partial charge is 0.0506 e. The highest BCUT2D eigenvalue weighted by atomic mass is 31.1. The first-order valence-electron chi connectivity index (χ1n) is 5.13. The zero-order chi connectivity index (χ0) is 10.7. The first-order chi connectivity index (χ1) is 5.69. The van der Waals surface area contributed by atoms with E-state index in [9.17, 15) is 0 Å². The SMILES string of the molecule is CCCOP(C(C)(C)C)C(C)(C)C. The average molecular weight is 204 g/mol. The lowest BCUT2D eigenvalue weighted by molar-refractivity contribution is 0.328. The van der Waals surface area contributed by atoms with Gasteiger partial charge in [0.1, 0.15) is 0 Å². The highest BCUT2D eigenvalue weighted by molar-refractivity contribution is 7.55. The molecule has 2 heteroatoms. The molecule has 0 aliphatic carbocycles. The Morgan fingerprint density at radius 3 is 1.54 bits per heavy atom. The van der Waals surface area contributed by atoms with Crippen LogP contribution in [0.2, 0.25) is 0 Å². The van der Waals surface area contributed by atoms with Gasteiger partial charge in [-0.05, 0) is 6.42 Å². The van der Waals surface area contributed by atoms with Crippen LogP contribution in [0.4, 0.5) is 0 Å². The average Bonchev–Trinajstić information content (AvgIpc) is 1.81. The first-order valence-corrected chi connectivity index (χ1v) is 6.39. The molecule has 0 saturated carbocycles. The molecular weight excluding hydrogens is 179 g/mol. The summed E-state index contributed by atoms with van der Waals surface area (Å²) in [5.41, 5.74) is 0. The van der Waals surface area contributed by atoms with Gasteiger partial charge in [0, 0.05) is 18.5 Å². The molecule has 0 amide bonds. The van der Waals surface area contributed by atoms with Crippen LogP contribution in [0.25, 0.3) is 0 Å². The van der Waals surface area contributed by atoms with Crippen molar-refractivity contribution >= 4 is 8.15 Å². The fraction of sp³-hybridized carbons (Fsp3) is 1.00. The predicted octanol–water partition coefficient (Wildman–Crippen LogP) is 4.41. The molecule has 0 atom stereocenters. The Morgan fingerprint density at radius 2 is 1.31 bits per heavy atom. The van der Waals surface area contributed by atoms with Crippen molar-refractivity contribution in [2.45, 2.75) is 65.2 Å². The van der Waals surface area contributed by atoms with Gasteiger partial charge >= 0.3 is 0 Å².